The molecule has 1 atom stereocenters. The number of Topliss-reactive ketones (excluding diaryl/α,β-unsaturated/α-hetero) is 1. The average molecular weight is 421 g/mol. The Hall–Kier alpha value is -3.12. The van der Waals surface area contributed by atoms with Crippen LogP contribution in [0.5, 0.6) is 11.5 Å². The second-order valence-electron chi connectivity index (χ2n) is 8.26. The Labute approximate surface area is 182 Å². The number of likely N-dealkylation sites (tertiary alicyclic amines) is 1. The number of allylic oxidation sites excluding steroid dienone is 1. The fourth-order valence-corrected chi connectivity index (χ4v) is 4.31. The van der Waals surface area contributed by atoms with Gasteiger partial charge in [-0.05, 0) is 68.6 Å². The molecule has 2 aliphatic rings. The molecule has 1 saturated heterocycles. The minimum atomic E-state index is -0.414. The van der Waals surface area contributed by atoms with E-state index >= 15 is 0 Å². The van der Waals surface area contributed by atoms with Gasteiger partial charge in [0.05, 0.1) is 23.8 Å². The zero-order chi connectivity index (χ0) is 22.1. The molecular formula is C25H27NO5. The Morgan fingerprint density at radius 3 is 2.71 bits per heavy atom. The van der Waals surface area contributed by atoms with Crippen LogP contribution in [-0.4, -0.2) is 41.5 Å². The highest BCUT2D eigenvalue weighted by molar-refractivity contribution is 6.15. The molecule has 31 heavy (non-hydrogen) atoms. The third kappa shape index (κ3) is 4.08. The zero-order valence-corrected chi connectivity index (χ0v) is 18.1. The lowest BCUT2D eigenvalue weighted by Crippen LogP contribution is -2.36. The van der Waals surface area contributed by atoms with Gasteiger partial charge in [-0.15, -0.1) is 0 Å². The van der Waals surface area contributed by atoms with E-state index in [-0.39, 0.29) is 17.3 Å². The summed E-state index contributed by atoms with van der Waals surface area (Å²) in [6.07, 6.45) is 5.13. The van der Waals surface area contributed by atoms with Gasteiger partial charge in [-0.3, -0.25) is 9.69 Å². The molecule has 2 aromatic carbocycles. The molecule has 0 spiro atoms. The van der Waals surface area contributed by atoms with Crippen LogP contribution in [0.4, 0.5) is 0 Å². The van der Waals surface area contributed by atoms with E-state index in [0.717, 1.165) is 24.9 Å². The summed E-state index contributed by atoms with van der Waals surface area (Å²) in [5, 5.41) is 10.7. The molecule has 4 rings (SSSR count). The lowest BCUT2D eigenvalue weighted by Gasteiger charge is -2.33. The summed E-state index contributed by atoms with van der Waals surface area (Å²) in [6.45, 7) is 5.51. The molecule has 6 nitrogen and oxygen atoms in total. The van der Waals surface area contributed by atoms with Crippen molar-refractivity contribution in [1.82, 2.24) is 4.90 Å². The summed E-state index contributed by atoms with van der Waals surface area (Å²) < 4.78 is 10.7. The molecule has 2 aliphatic heterocycles. The van der Waals surface area contributed by atoms with Crippen LogP contribution in [-0.2, 0) is 11.3 Å². The standard InChI is InChI=1S/C25H27NO5/c1-15-12-20(27)19(14-26-11-5-4-6-16(26)2)24-22(15)23(28)21(31-24)13-17-7-9-18(10-8-17)25(29)30-3/h7-10,12-13,16,27H,4-6,11,14H2,1-3H3/b21-13-. The van der Waals surface area contributed by atoms with Gasteiger partial charge in [0.15, 0.2) is 5.76 Å². The number of phenolic OH excluding ortho intramolecular Hbond substituents is 1. The minimum absolute atomic E-state index is 0.158. The van der Waals surface area contributed by atoms with Gasteiger partial charge in [0.2, 0.25) is 5.78 Å². The van der Waals surface area contributed by atoms with Crippen LogP contribution in [0.25, 0.3) is 6.08 Å². The highest BCUT2D eigenvalue weighted by atomic mass is 16.5. The number of ketones is 1. The van der Waals surface area contributed by atoms with Gasteiger partial charge < -0.3 is 14.6 Å². The number of aromatic hydroxyl groups is 1. The highest BCUT2D eigenvalue weighted by Crippen LogP contribution is 2.42. The summed E-state index contributed by atoms with van der Waals surface area (Å²) in [5.41, 5.74) is 3.03. The first-order valence-electron chi connectivity index (χ1n) is 10.6. The van der Waals surface area contributed by atoms with Gasteiger partial charge in [-0.2, -0.15) is 0 Å². The minimum Gasteiger partial charge on any atom is -0.507 e. The Morgan fingerprint density at radius 2 is 2.03 bits per heavy atom. The number of aryl methyl sites for hydroxylation is 1. The second-order valence-corrected chi connectivity index (χ2v) is 8.26. The number of nitrogens with zero attached hydrogens (tertiary/aromatic N) is 1. The number of methoxy groups -OCH3 is 1. The fraction of sp³-hybridized carbons (Fsp3) is 0.360. The quantitative estimate of drug-likeness (QED) is 0.580. The first-order valence-corrected chi connectivity index (χ1v) is 10.6. The number of carbonyl (C=O) groups excluding carboxylic acids is 2. The molecule has 0 amide bonds. The van der Waals surface area contributed by atoms with E-state index in [4.69, 9.17) is 9.47 Å². The number of fused-ring (bicyclic) bond motifs is 1. The van der Waals surface area contributed by atoms with Crippen LogP contribution in [0.15, 0.2) is 36.1 Å². The van der Waals surface area contributed by atoms with Crippen LogP contribution >= 0.6 is 0 Å². The number of esters is 1. The molecule has 0 aliphatic carbocycles. The smallest absolute Gasteiger partial charge is 0.337 e. The van der Waals surface area contributed by atoms with Gasteiger partial charge in [0.25, 0.3) is 0 Å². The monoisotopic (exact) mass is 421 g/mol. The third-order valence-electron chi connectivity index (χ3n) is 6.15. The van der Waals surface area contributed by atoms with Crippen molar-refractivity contribution < 1.29 is 24.2 Å². The number of rotatable bonds is 4. The predicted molar refractivity (Wildman–Crippen MR) is 117 cm³/mol. The van der Waals surface area contributed by atoms with E-state index in [9.17, 15) is 14.7 Å². The van der Waals surface area contributed by atoms with Crippen molar-refractivity contribution in [3.8, 4) is 11.5 Å². The Morgan fingerprint density at radius 1 is 1.29 bits per heavy atom. The van der Waals surface area contributed by atoms with Crippen molar-refractivity contribution in [1.29, 1.82) is 0 Å². The molecule has 162 valence electrons. The van der Waals surface area contributed by atoms with Crippen molar-refractivity contribution >= 4 is 17.8 Å². The maximum Gasteiger partial charge on any atom is 0.337 e. The van der Waals surface area contributed by atoms with E-state index in [0.29, 0.717) is 40.6 Å². The molecular weight excluding hydrogens is 394 g/mol. The number of carbonyl (C=O) groups is 2. The second kappa shape index (κ2) is 8.55. The lowest BCUT2D eigenvalue weighted by molar-refractivity contribution is 0.0600. The number of phenols is 1. The molecule has 0 bridgehead atoms. The lowest BCUT2D eigenvalue weighted by atomic mass is 9.97. The molecule has 0 aromatic heterocycles. The largest absolute Gasteiger partial charge is 0.507 e. The molecule has 2 heterocycles. The average Bonchev–Trinajstić information content (AvgIpc) is 3.08. The van der Waals surface area contributed by atoms with Gasteiger partial charge in [-0.25, -0.2) is 4.79 Å². The van der Waals surface area contributed by atoms with Crippen molar-refractivity contribution in [2.75, 3.05) is 13.7 Å². The van der Waals surface area contributed by atoms with Gasteiger partial charge in [0.1, 0.15) is 11.5 Å². The number of piperidine rings is 1. The zero-order valence-electron chi connectivity index (χ0n) is 18.1. The molecule has 0 saturated carbocycles. The van der Waals surface area contributed by atoms with Crippen LogP contribution in [0.1, 0.15) is 63.6 Å². The van der Waals surface area contributed by atoms with Crippen LogP contribution in [0, 0.1) is 6.92 Å². The summed E-state index contributed by atoms with van der Waals surface area (Å²) in [5.74, 6) is 0.214. The van der Waals surface area contributed by atoms with Gasteiger partial charge in [-0.1, -0.05) is 18.6 Å². The molecule has 0 radical (unpaired) electrons. The van der Waals surface area contributed by atoms with Crippen molar-refractivity contribution in [2.24, 2.45) is 0 Å². The highest BCUT2D eigenvalue weighted by Gasteiger charge is 2.34. The van der Waals surface area contributed by atoms with Gasteiger partial charge in [0, 0.05) is 12.6 Å². The summed E-state index contributed by atoms with van der Waals surface area (Å²) in [4.78, 5) is 27.0. The molecule has 1 N–H and O–H groups in total. The first kappa shape index (κ1) is 21.1. The van der Waals surface area contributed by atoms with Crippen LogP contribution in [0.2, 0.25) is 0 Å². The van der Waals surface area contributed by atoms with E-state index in [1.807, 2.05) is 0 Å². The van der Waals surface area contributed by atoms with E-state index in [1.165, 1.54) is 13.5 Å². The van der Waals surface area contributed by atoms with Gasteiger partial charge >= 0.3 is 5.97 Å². The molecule has 1 fully saturated rings. The van der Waals surface area contributed by atoms with Crippen LogP contribution in [0.3, 0.4) is 0 Å². The topological polar surface area (TPSA) is 76.1 Å². The maximum atomic E-state index is 13.1. The fourth-order valence-electron chi connectivity index (χ4n) is 4.31. The van der Waals surface area contributed by atoms with Crippen molar-refractivity contribution in [2.45, 2.75) is 45.7 Å². The number of hydrogen-bond acceptors (Lipinski definition) is 6. The van der Waals surface area contributed by atoms with Crippen molar-refractivity contribution in [3.05, 3.63) is 63.9 Å². The number of benzene rings is 2. The summed E-state index contributed by atoms with van der Waals surface area (Å²) in [6, 6.07) is 8.83. The SMILES string of the molecule is COC(=O)c1ccc(/C=C2\Oc3c(CN4CCCCC4C)c(O)cc(C)c3C2=O)cc1. The number of ether oxygens (including phenoxy) is 2. The Bertz CT molecular complexity index is 1050. The predicted octanol–water partition coefficient (Wildman–Crippen LogP) is 4.48. The summed E-state index contributed by atoms with van der Waals surface area (Å²) >= 11 is 0. The maximum absolute atomic E-state index is 13.1. The van der Waals surface area contributed by atoms with E-state index in [1.54, 1.807) is 43.3 Å². The number of hydrogen-bond donors (Lipinski definition) is 1. The normalized spacial score (nSPS) is 19.9. The third-order valence-corrected chi connectivity index (χ3v) is 6.15. The molecule has 6 heteroatoms. The first-order chi connectivity index (χ1) is 14.9. The Balaban J connectivity index is 1.65. The van der Waals surface area contributed by atoms with Crippen molar-refractivity contribution in [3.63, 3.8) is 0 Å². The van der Waals surface area contributed by atoms with E-state index in [2.05, 4.69) is 11.8 Å². The Kier molecular flexibility index (Phi) is 5.83. The molecule has 1 unspecified atom stereocenters. The summed E-state index contributed by atoms with van der Waals surface area (Å²) in [7, 11) is 1.33. The van der Waals surface area contributed by atoms with Crippen LogP contribution < -0.4 is 4.74 Å². The van der Waals surface area contributed by atoms with E-state index < -0.39 is 5.97 Å². The molecule has 2 aromatic rings.